The van der Waals surface area contributed by atoms with Crippen LogP contribution < -0.4 is 10.9 Å². The highest BCUT2D eigenvalue weighted by Gasteiger charge is 2.05. The van der Waals surface area contributed by atoms with Gasteiger partial charge in [0.05, 0.1) is 17.2 Å². The topological polar surface area (TPSA) is 57.8 Å². The van der Waals surface area contributed by atoms with E-state index < -0.39 is 0 Å². The predicted octanol–water partition coefficient (Wildman–Crippen LogP) is 2.70. The molecule has 0 unspecified atom stereocenters. The zero-order chi connectivity index (χ0) is 11.5. The molecule has 0 saturated carbocycles. The molecule has 2 aromatic rings. The lowest BCUT2D eigenvalue weighted by atomic mass is 10.4. The highest BCUT2D eigenvalue weighted by Crippen LogP contribution is 2.22. The Morgan fingerprint density at radius 1 is 1.56 bits per heavy atom. The van der Waals surface area contributed by atoms with Gasteiger partial charge in [-0.2, -0.15) is 0 Å². The maximum atomic E-state index is 11.3. The van der Waals surface area contributed by atoms with Crippen molar-refractivity contribution < 1.29 is 0 Å². The van der Waals surface area contributed by atoms with E-state index in [2.05, 4.69) is 15.3 Å². The summed E-state index contributed by atoms with van der Waals surface area (Å²) in [7, 11) is 0. The monoisotopic (exact) mass is 367 g/mol. The van der Waals surface area contributed by atoms with Gasteiger partial charge in [-0.3, -0.25) is 4.79 Å². The van der Waals surface area contributed by atoms with E-state index in [-0.39, 0.29) is 5.56 Å². The van der Waals surface area contributed by atoms with Crippen molar-refractivity contribution in [3.05, 3.63) is 41.6 Å². The van der Waals surface area contributed by atoms with Gasteiger partial charge in [0.2, 0.25) is 0 Å². The predicted molar refractivity (Wildman–Crippen MR) is 74.2 cm³/mol. The zero-order valence-corrected chi connectivity index (χ0v) is 11.7. The molecule has 0 atom stereocenters. The standard InChI is InChI=1S/C9H7ClIN3OS/c10-6-2-1-5(16-6)3-12-8-7(11)9(15)14-4-13-8/h1-2,4H,3H2,(H2,12,13,14,15). The van der Waals surface area contributed by atoms with Gasteiger partial charge < -0.3 is 10.3 Å². The van der Waals surface area contributed by atoms with E-state index in [1.54, 1.807) is 0 Å². The minimum absolute atomic E-state index is 0.137. The number of nitrogens with one attached hydrogen (secondary N) is 2. The molecule has 0 spiro atoms. The van der Waals surface area contributed by atoms with Crippen LogP contribution in [0, 0.1) is 3.57 Å². The van der Waals surface area contributed by atoms with Crippen LogP contribution in [-0.4, -0.2) is 9.97 Å². The Labute approximate surface area is 114 Å². The van der Waals surface area contributed by atoms with Crippen LogP contribution in [0.5, 0.6) is 0 Å². The minimum atomic E-state index is -0.137. The number of anilines is 1. The highest BCUT2D eigenvalue weighted by molar-refractivity contribution is 14.1. The fourth-order valence-corrected chi connectivity index (χ4v) is 2.64. The first-order chi connectivity index (χ1) is 7.66. The fraction of sp³-hybridized carbons (Fsp3) is 0.111. The fourth-order valence-electron chi connectivity index (χ4n) is 1.12. The van der Waals surface area contributed by atoms with Crippen molar-refractivity contribution in [2.45, 2.75) is 6.54 Å². The van der Waals surface area contributed by atoms with Crippen LogP contribution in [0.1, 0.15) is 4.88 Å². The highest BCUT2D eigenvalue weighted by atomic mass is 127. The molecule has 0 bridgehead atoms. The number of aromatic amines is 1. The van der Waals surface area contributed by atoms with Gasteiger partial charge in [0.1, 0.15) is 9.39 Å². The number of thiophene rings is 1. The Morgan fingerprint density at radius 2 is 2.38 bits per heavy atom. The van der Waals surface area contributed by atoms with Crippen LogP contribution >= 0.6 is 45.5 Å². The van der Waals surface area contributed by atoms with E-state index in [1.807, 2.05) is 34.7 Å². The van der Waals surface area contributed by atoms with Crippen molar-refractivity contribution in [1.29, 1.82) is 0 Å². The van der Waals surface area contributed by atoms with Crippen LogP contribution in [0.4, 0.5) is 5.82 Å². The van der Waals surface area contributed by atoms with E-state index in [0.29, 0.717) is 15.9 Å². The molecular formula is C9H7ClIN3OS. The second kappa shape index (κ2) is 5.15. The summed E-state index contributed by atoms with van der Waals surface area (Å²) < 4.78 is 1.31. The molecule has 16 heavy (non-hydrogen) atoms. The largest absolute Gasteiger partial charge is 0.364 e. The molecule has 0 aliphatic heterocycles. The number of H-pyrrole nitrogens is 1. The van der Waals surface area contributed by atoms with Gasteiger partial charge in [-0.25, -0.2) is 4.98 Å². The molecule has 0 saturated heterocycles. The molecule has 0 fully saturated rings. The Kier molecular flexibility index (Phi) is 3.82. The maximum absolute atomic E-state index is 11.3. The van der Waals surface area contributed by atoms with E-state index in [1.165, 1.54) is 17.7 Å². The summed E-state index contributed by atoms with van der Waals surface area (Å²) in [6.45, 7) is 0.615. The van der Waals surface area contributed by atoms with Gasteiger partial charge in [0.15, 0.2) is 0 Å². The third-order valence-electron chi connectivity index (χ3n) is 1.86. The summed E-state index contributed by atoms with van der Waals surface area (Å²) in [5.74, 6) is 0.592. The smallest absolute Gasteiger partial charge is 0.266 e. The van der Waals surface area contributed by atoms with Gasteiger partial charge in [0.25, 0.3) is 5.56 Å². The molecule has 84 valence electrons. The van der Waals surface area contributed by atoms with Crippen molar-refractivity contribution in [2.24, 2.45) is 0 Å². The van der Waals surface area contributed by atoms with Crippen molar-refractivity contribution in [1.82, 2.24) is 9.97 Å². The first-order valence-electron chi connectivity index (χ1n) is 4.38. The molecule has 4 nitrogen and oxygen atoms in total. The second-order valence-electron chi connectivity index (χ2n) is 2.95. The first kappa shape index (κ1) is 11.9. The van der Waals surface area contributed by atoms with Crippen molar-refractivity contribution >= 4 is 51.3 Å². The Balaban J connectivity index is 2.10. The van der Waals surface area contributed by atoms with E-state index in [9.17, 15) is 4.79 Å². The van der Waals surface area contributed by atoms with Gasteiger partial charge >= 0.3 is 0 Å². The van der Waals surface area contributed by atoms with E-state index in [0.717, 1.165) is 9.21 Å². The van der Waals surface area contributed by atoms with Gasteiger partial charge in [-0.05, 0) is 34.7 Å². The third kappa shape index (κ3) is 2.74. The van der Waals surface area contributed by atoms with Crippen LogP contribution in [0.25, 0.3) is 0 Å². The molecule has 2 N–H and O–H groups in total. The summed E-state index contributed by atoms with van der Waals surface area (Å²) in [4.78, 5) is 19.0. The molecular weight excluding hydrogens is 361 g/mol. The van der Waals surface area contributed by atoms with Crippen molar-refractivity contribution in [2.75, 3.05) is 5.32 Å². The van der Waals surface area contributed by atoms with Crippen LogP contribution in [-0.2, 0) is 6.54 Å². The molecule has 0 radical (unpaired) electrons. The first-order valence-corrected chi connectivity index (χ1v) is 6.65. The van der Waals surface area contributed by atoms with Crippen molar-refractivity contribution in [3.63, 3.8) is 0 Å². The van der Waals surface area contributed by atoms with Crippen LogP contribution in [0.2, 0.25) is 4.34 Å². The van der Waals surface area contributed by atoms with Crippen molar-refractivity contribution in [3.8, 4) is 0 Å². The molecule has 2 aromatic heterocycles. The molecule has 0 aliphatic carbocycles. The number of nitrogens with zero attached hydrogens (tertiary/aromatic N) is 1. The van der Waals surface area contributed by atoms with Crippen LogP contribution in [0.3, 0.4) is 0 Å². The number of rotatable bonds is 3. The molecule has 0 amide bonds. The van der Waals surface area contributed by atoms with E-state index in [4.69, 9.17) is 11.6 Å². The molecule has 7 heteroatoms. The normalized spacial score (nSPS) is 10.4. The zero-order valence-electron chi connectivity index (χ0n) is 7.96. The maximum Gasteiger partial charge on any atom is 0.266 e. The third-order valence-corrected chi connectivity index (χ3v) is 4.09. The minimum Gasteiger partial charge on any atom is -0.364 e. The lowest BCUT2D eigenvalue weighted by Gasteiger charge is -2.04. The summed E-state index contributed by atoms with van der Waals surface area (Å²) >= 11 is 9.28. The van der Waals surface area contributed by atoms with Gasteiger partial charge in [-0.15, -0.1) is 11.3 Å². The number of hydrogen-bond acceptors (Lipinski definition) is 4. The number of halogens is 2. The second-order valence-corrected chi connectivity index (χ2v) is 5.83. The Bertz CT molecular complexity index is 554. The average molecular weight is 368 g/mol. The Hall–Kier alpha value is -0.600. The molecule has 0 aromatic carbocycles. The summed E-state index contributed by atoms with van der Waals surface area (Å²) in [5, 5.41) is 3.10. The van der Waals surface area contributed by atoms with Gasteiger partial charge in [-0.1, -0.05) is 11.6 Å². The average Bonchev–Trinajstić information content (AvgIpc) is 2.67. The summed E-state index contributed by atoms with van der Waals surface area (Å²) in [5.41, 5.74) is -0.137. The van der Waals surface area contributed by atoms with Crippen LogP contribution in [0.15, 0.2) is 23.3 Å². The summed E-state index contributed by atoms with van der Waals surface area (Å²) in [6.07, 6.45) is 1.38. The lowest BCUT2D eigenvalue weighted by Crippen LogP contribution is -2.14. The Morgan fingerprint density at radius 3 is 3.06 bits per heavy atom. The van der Waals surface area contributed by atoms with Gasteiger partial charge in [0, 0.05) is 4.88 Å². The quantitative estimate of drug-likeness (QED) is 0.820. The molecule has 2 rings (SSSR count). The summed E-state index contributed by atoms with van der Waals surface area (Å²) in [6, 6.07) is 3.79. The van der Waals surface area contributed by atoms with E-state index >= 15 is 0 Å². The molecule has 2 heterocycles. The number of hydrogen-bond donors (Lipinski definition) is 2. The lowest BCUT2D eigenvalue weighted by molar-refractivity contribution is 1.06. The number of aromatic nitrogens is 2. The SMILES string of the molecule is O=c1[nH]cnc(NCc2ccc(Cl)s2)c1I. The molecule has 0 aliphatic rings.